The van der Waals surface area contributed by atoms with Crippen LogP contribution in [0.4, 0.5) is 5.69 Å². The van der Waals surface area contributed by atoms with Crippen molar-refractivity contribution in [2.45, 2.75) is 6.42 Å². The Bertz CT molecular complexity index is 782. The highest BCUT2D eigenvalue weighted by Gasteiger charge is 2.34. The normalized spacial score (nSPS) is 16.2. The zero-order valence-electron chi connectivity index (χ0n) is 12.0. The second-order valence-electron chi connectivity index (χ2n) is 5.16. The van der Waals surface area contributed by atoms with E-state index >= 15 is 0 Å². The molecule has 6 heteroatoms. The van der Waals surface area contributed by atoms with Gasteiger partial charge >= 0.3 is 11.9 Å². The molecule has 1 aliphatic heterocycles. The average Bonchev–Trinajstić information content (AvgIpc) is 2.54. The molecule has 0 saturated carbocycles. The monoisotopic (exact) mass is 311 g/mol. The van der Waals surface area contributed by atoms with Crippen molar-refractivity contribution in [3.63, 3.8) is 0 Å². The molecule has 0 aromatic heterocycles. The van der Waals surface area contributed by atoms with E-state index in [1.807, 2.05) is 12.1 Å². The van der Waals surface area contributed by atoms with E-state index in [4.69, 9.17) is 9.84 Å². The maximum Gasteiger partial charge on any atom is 0.335 e. The van der Waals surface area contributed by atoms with Gasteiger partial charge in [-0.2, -0.15) is 0 Å². The van der Waals surface area contributed by atoms with Crippen molar-refractivity contribution in [1.29, 1.82) is 0 Å². The topological polar surface area (TPSA) is 92.7 Å². The number of amides is 1. The fourth-order valence-corrected chi connectivity index (χ4v) is 2.38. The maximum absolute atomic E-state index is 12.3. The SMILES string of the molecule is O=C(O)c1ccc(NC(=O)C2Cc3ccccc3OC2=O)cc1. The van der Waals surface area contributed by atoms with Crippen LogP contribution in [0.3, 0.4) is 0 Å². The summed E-state index contributed by atoms with van der Waals surface area (Å²) in [5.41, 5.74) is 1.34. The van der Waals surface area contributed by atoms with Gasteiger partial charge in [-0.1, -0.05) is 18.2 Å². The molecule has 6 nitrogen and oxygen atoms in total. The number of aromatic carboxylic acids is 1. The van der Waals surface area contributed by atoms with Crippen molar-refractivity contribution in [2.75, 3.05) is 5.32 Å². The fraction of sp³-hybridized carbons (Fsp3) is 0.118. The van der Waals surface area contributed by atoms with Crippen molar-refractivity contribution >= 4 is 23.5 Å². The minimum absolute atomic E-state index is 0.119. The van der Waals surface area contributed by atoms with Gasteiger partial charge in [0.2, 0.25) is 5.91 Å². The largest absolute Gasteiger partial charge is 0.478 e. The smallest absolute Gasteiger partial charge is 0.335 e. The number of carboxylic acids is 1. The van der Waals surface area contributed by atoms with E-state index in [1.165, 1.54) is 24.3 Å². The number of carboxylic acid groups (broad SMARTS) is 1. The molecule has 1 atom stereocenters. The zero-order chi connectivity index (χ0) is 16.4. The Balaban J connectivity index is 1.73. The van der Waals surface area contributed by atoms with E-state index in [1.54, 1.807) is 12.1 Å². The number of hydrogen-bond acceptors (Lipinski definition) is 4. The van der Waals surface area contributed by atoms with E-state index in [9.17, 15) is 14.4 Å². The molecule has 1 aliphatic rings. The Morgan fingerprint density at radius 2 is 1.78 bits per heavy atom. The number of anilines is 1. The van der Waals surface area contributed by atoms with Crippen molar-refractivity contribution in [3.05, 3.63) is 59.7 Å². The van der Waals surface area contributed by atoms with Crippen LogP contribution in [-0.2, 0) is 16.0 Å². The number of carbonyl (C=O) groups excluding carboxylic acids is 2. The molecule has 2 N–H and O–H groups in total. The standard InChI is InChI=1S/C17H13NO5/c19-15(18-12-7-5-10(6-8-12)16(20)21)13-9-11-3-1-2-4-14(11)23-17(13)22/h1-8,13H,9H2,(H,18,19)(H,20,21). The predicted molar refractivity (Wildman–Crippen MR) is 81.3 cm³/mol. The summed E-state index contributed by atoms with van der Waals surface area (Å²) in [6, 6.07) is 12.8. The molecular formula is C17H13NO5. The molecule has 0 saturated heterocycles. The summed E-state index contributed by atoms with van der Waals surface area (Å²) in [6.07, 6.45) is 0.272. The lowest BCUT2D eigenvalue weighted by atomic mass is 9.95. The van der Waals surface area contributed by atoms with Crippen molar-refractivity contribution in [3.8, 4) is 5.75 Å². The number of rotatable bonds is 3. The van der Waals surface area contributed by atoms with E-state index < -0.39 is 23.8 Å². The lowest BCUT2D eigenvalue weighted by Gasteiger charge is -2.22. The number of para-hydroxylation sites is 1. The number of nitrogens with one attached hydrogen (secondary N) is 1. The van der Waals surface area contributed by atoms with E-state index in [-0.39, 0.29) is 12.0 Å². The number of benzene rings is 2. The van der Waals surface area contributed by atoms with Crippen LogP contribution in [0.2, 0.25) is 0 Å². The summed E-state index contributed by atoms with van der Waals surface area (Å²) in [4.78, 5) is 35.0. The van der Waals surface area contributed by atoms with Crippen LogP contribution in [0.5, 0.6) is 5.75 Å². The Kier molecular flexibility index (Phi) is 3.80. The van der Waals surface area contributed by atoms with Crippen LogP contribution < -0.4 is 10.1 Å². The van der Waals surface area contributed by atoms with Gasteiger partial charge < -0.3 is 15.2 Å². The third-order valence-corrected chi connectivity index (χ3v) is 3.61. The molecule has 0 fully saturated rings. The van der Waals surface area contributed by atoms with Gasteiger partial charge in [0.25, 0.3) is 0 Å². The second kappa shape index (κ2) is 5.92. The summed E-state index contributed by atoms with van der Waals surface area (Å²) in [7, 11) is 0. The summed E-state index contributed by atoms with van der Waals surface area (Å²) in [5.74, 6) is -2.57. The van der Waals surface area contributed by atoms with Crippen LogP contribution in [-0.4, -0.2) is 23.0 Å². The molecule has 1 unspecified atom stereocenters. The summed E-state index contributed by atoms with van der Waals surface area (Å²) < 4.78 is 5.18. The van der Waals surface area contributed by atoms with E-state index in [2.05, 4.69) is 5.32 Å². The molecule has 116 valence electrons. The first-order valence-corrected chi connectivity index (χ1v) is 6.98. The van der Waals surface area contributed by atoms with Crippen LogP contribution in [0.1, 0.15) is 15.9 Å². The highest BCUT2D eigenvalue weighted by atomic mass is 16.5. The van der Waals surface area contributed by atoms with Gasteiger partial charge in [0, 0.05) is 5.69 Å². The zero-order valence-corrected chi connectivity index (χ0v) is 12.0. The highest BCUT2D eigenvalue weighted by Crippen LogP contribution is 2.28. The highest BCUT2D eigenvalue weighted by molar-refractivity contribution is 6.06. The predicted octanol–water partition coefficient (Wildman–Crippen LogP) is 2.10. The van der Waals surface area contributed by atoms with Gasteiger partial charge in [0.15, 0.2) is 0 Å². The molecule has 23 heavy (non-hydrogen) atoms. The first-order valence-electron chi connectivity index (χ1n) is 6.98. The number of esters is 1. The molecule has 1 amide bonds. The molecule has 0 aliphatic carbocycles. The third kappa shape index (κ3) is 3.06. The molecule has 0 radical (unpaired) electrons. The minimum Gasteiger partial charge on any atom is -0.478 e. The summed E-state index contributed by atoms with van der Waals surface area (Å²) in [6.45, 7) is 0. The molecule has 0 spiro atoms. The molecule has 1 heterocycles. The Morgan fingerprint density at radius 1 is 1.09 bits per heavy atom. The average molecular weight is 311 g/mol. The van der Waals surface area contributed by atoms with Gasteiger partial charge in [0.05, 0.1) is 5.56 Å². The van der Waals surface area contributed by atoms with Gasteiger partial charge in [0.1, 0.15) is 11.7 Å². The van der Waals surface area contributed by atoms with Crippen LogP contribution in [0.15, 0.2) is 48.5 Å². The lowest BCUT2D eigenvalue weighted by Crippen LogP contribution is -2.37. The first kappa shape index (κ1) is 14.8. The Morgan fingerprint density at radius 3 is 2.48 bits per heavy atom. The van der Waals surface area contributed by atoms with Crippen LogP contribution in [0, 0.1) is 5.92 Å². The number of hydrogen-bond donors (Lipinski definition) is 2. The van der Waals surface area contributed by atoms with Crippen molar-refractivity contribution in [2.24, 2.45) is 5.92 Å². The van der Waals surface area contributed by atoms with Gasteiger partial charge in [-0.25, -0.2) is 4.79 Å². The van der Waals surface area contributed by atoms with Gasteiger partial charge in [-0.3, -0.25) is 9.59 Å². The molecule has 2 aromatic rings. The summed E-state index contributed by atoms with van der Waals surface area (Å²) in [5, 5.41) is 11.4. The van der Waals surface area contributed by atoms with Crippen molar-refractivity contribution in [1.82, 2.24) is 0 Å². The van der Waals surface area contributed by atoms with Crippen LogP contribution in [0.25, 0.3) is 0 Å². The quantitative estimate of drug-likeness (QED) is 0.514. The molecule has 0 bridgehead atoms. The number of carbonyl (C=O) groups is 3. The van der Waals surface area contributed by atoms with Gasteiger partial charge in [-0.05, 0) is 42.3 Å². The summed E-state index contributed by atoms with van der Waals surface area (Å²) >= 11 is 0. The minimum atomic E-state index is -1.05. The lowest BCUT2D eigenvalue weighted by molar-refractivity contribution is -0.144. The fourth-order valence-electron chi connectivity index (χ4n) is 2.38. The van der Waals surface area contributed by atoms with E-state index in [0.717, 1.165) is 5.56 Å². The molecular weight excluding hydrogens is 298 g/mol. The second-order valence-corrected chi connectivity index (χ2v) is 5.16. The number of ether oxygens (including phenoxy) is 1. The van der Waals surface area contributed by atoms with E-state index in [0.29, 0.717) is 11.4 Å². The Labute approximate surface area is 131 Å². The molecule has 3 rings (SSSR count). The third-order valence-electron chi connectivity index (χ3n) is 3.61. The van der Waals surface area contributed by atoms with Gasteiger partial charge in [-0.15, -0.1) is 0 Å². The van der Waals surface area contributed by atoms with Crippen molar-refractivity contribution < 1.29 is 24.2 Å². The Hall–Kier alpha value is -3.15. The number of fused-ring (bicyclic) bond motifs is 1. The van der Waals surface area contributed by atoms with Crippen LogP contribution >= 0.6 is 0 Å². The maximum atomic E-state index is 12.3. The first-order chi connectivity index (χ1) is 11.0. The molecule has 2 aromatic carbocycles.